The smallest absolute Gasteiger partial charge is 0.254 e. The lowest BCUT2D eigenvalue weighted by Gasteiger charge is -2.31. The predicted octanol–water partition coefficient (Wildman–Crippen LogP) is 0.589. The van der Waals surface area contributed by atoms with E-state index in [0.717, 1.165) is 0 Å². The Hall–Kier alpha value is -2.28. The monoisotopic (exact) mass is 316 g/mol. The van der Waals surface area contributed by atoms with Gasteiger partial charge in [0, 0.05) is 25.1 Å². The molecule has 2 amide bonds. The molecule has 5 rings (SSSR count). The number of carbonyl (C=O) groups is 2. The summed E-state index contributed by atoms with van der Waals surface area (Å²) < 4.78 is 16.5. The molecular formula is C16H16N2O5. The highest BCUT2D eigenvalue weighted by atomic mass is 16.7. The molecule has 0 aromatic heterocycles. The summed E-state index contributed by atoms with van der Waals surface area (Å²) in [5.74, 6) is 1.23. The van der Waals surface area contributed by atoms with E-state index < -0.39 is 5.72 Å². The maximum Gasteiger partial charge on any atom is 0.254 e. The Morgan fingerprint density at radius 1 is 1.22 bits per heavy atom. The highest BCUT2D eigenvalue weighted by molar-refractivity contribution is 5.96. The second-order valence-corrected chi connectivity index (χ2v) is 6.28. The van der Waals surface area contributed by atoms with Gasteiger partial charge in [0.25, 0.3) is 5.91 Å². The lowest BCUT2D eigenvalue weighted by atomic mass is 10.1. The van der Waals surface area contributed by atoms with Crippen molar-refractivity contribution < 1.29 is 23.8 Å². The van der Waals surface area contributed by atoms with Crippen LogP contribution < -0.4 is 9.47 Å². The molecule has 0 aliphatic carbocycles. The van der Waals surface area contributed by atoms with Crippen molar-refractivity contribution >= 4 is 11.8 Å². The zero-order chi connectivity index (χ0) is 15.6. The van der Waals surface area contributed by atoms with Crippen LogP contribution in [0.1, 0.15) is 23.2 Å². The number of amides is 2. The fourth-order valence-electron chi connectivity index (χ4n) is 4.23. The van der Waals surface area contributed by atoms with E-state index in [0.29, 0.717) is 49.6 Å². The van der Waals surface area contributed by atoms with Crippen LogP contribution in [0.4, 0.5) is 0 Å². The molecule has 1 spiro atoms. The molecule has 4 aliphatic rings. The number of benzene rings is 1. The predicted molar refractivity (Wildman–Crippen MR) is 77.0 cm³/mol. The van der Waals surface area contributed by atoms with Crippen LogP contribution in [0.2, 0.25) is 0 Å². The maximum absolute atomic E-state index is 12.9. The van der Waals surface area contributed by atoms with Crippen LogP contribution in [-0.4, -0.2) is 59.9 Å². The van der Waals surface area contributed by atoms with Gasteiger partial charge in [-0.1, -0.05) is 0 Å². The zero-order valence-electron chi connectivity index (χ0n) is 12.5. The molecule has 0 N–H and O–H groups in total. The van der Waals surface area contributed by atoms with Crippen LogP contribution in [0, 0.1) is 0 Å². The molecular weight excluding hydrogens is 300 g/mol. The molecule has 7 nitrogen and oxygen atoms in total. The quantitative estimate of drug-likeness (QED) is 0.758. The first-order chi connectivity index (χ1) is 11.2. The third-order valence-corrected chi connectivity index (χ3v) is 5.28. The van der Waals surface area contributed by atoms with Crippen molar-refractivity contribution in [2.24, 2.45) is 0 Å². The molecule has 0 unspecified atom stereocenters. The van der Waals surface area contributed by atoms with Crippen LogP contribution in [0.3, 0.4) is 0 Å². The first-order valence-electron chi connectivity index (χ1n) is 7.84. The van der Waals surface area contributed by atoms with E-state index in [1.807, 2.05) is 4.90 Å². The van der Waals surface area contributed by atoms with E-state index >= 15 is 0 Å². The van der Waals surface area contributed by atoms with Crippen LogP contribution >= 0.6 is 0 Å². The number of carbonyl (C=O) groups excluding carboxylic acids is 2. The summed E-state index contributed by atoms with van der Waals surface area (Å²) in [6.45, 7) is 1.96. The maximum atomic E-state index is 12.9. The summed E-state index contributed by atoms with van der Waals surface area (Å²) >= 11 is 0. The number of nitrogens with zero attached hydrogens (tertiary/aromatic N) is 2. The van der Waals surface area contributed by atoms with Crippen LogP contribution in [0.15, 0.2) is 18.2 Å². The topological polar surface area (TPSA) is 68.3 Å². The van der Waals surface area contributed by atoms with E-state index in [1.165, 1.54) is 0 Å². The normalized spacial score (nSPS) is 30.8. The lowest BCUT2D eigenvalue weighted by Crippen LogP contribution is -2.48. The molecule has 0 saturated carbocycles. The highest BCUT2D eigenvalue weighted by Gasteiger charge is 2.62. The van der Waals surface area contributed by atoms with Gasteiger partial charge >= 0.3 is 0 Å². The molecule has 4 heterocycles. The molecule has 3 fully saturated rings. The number of hydrogen-bond acceptors (Lipinski definition) is 5. The summed E-state index contributed by atoms with van der Waals surface area (Å²) in [5.41, 5.74) is -0.0431. The van der Waals surface area contributed by atoms with Crippen molar-refractivity contribution in [1.82, 2.24) is 9.80 Å². The lowest BCUT2D eigenvalue weighted by molar-refractivity contribution is -0.136. The van der Waals surface area contributed by atoms with Crippen molar-refractivity contribution in [2.45, 2.75) is 24.6 Å². The minimum absolute atomic E-state index is 0.0793. The Labute approximate surface area is 132 Å². The largest absolute Gasteiger partial charge is 0.454 e. The third kappa shape index (κ3) is 1.63. The number of likely N-dealkylation sites (tertiary alicyclic amines) is 1. The summed E-state index contributed by atoms with van der Waals surface area (Å²) in [6, 6.07) is 5.00. The van der Waals surface area contributed by atoms with E-state index in [2.05, 4.69) is 0 Å². The van der Waals surface area contributed by atoms with Gasteiger partial charge in [-0.25, -0.2) is 0 Å². The molecule has 4 aliphatic heterocycles. The van der Waals surface area contributed by atoms with Crippen molar-refractivity contribution in [3.8, 4) is 11.5 Å². The number of hydrogen-bond donors (Lipinski definition) is 0. The molecule has 2 atom stereocenters. The van der Waals surface area contributed by atoms with E-state index in [4.69, 9.17) is 14.2 Å². The average Bonchev–Trinajstić information content (AvgIpc) is 3.28. The number of fused-ring (bicyclic) bond motifs is 1. The van der Waals surface area contributed by atoms with Crippen molar-refractivity contribution in [2.75, 3.05) is 26.5 Å². The second-order valence-electron chi connectivity index (χ2n) is 6.28. The van der Waals surface area contributed by atoms with Gasteiger partial charge in [0.2, 0.25) is 12.7 Å². The summed E-state index contributed by atoms with van der Waals surface area (Å²) in [7, 11) is 0. The van der Waals surface area contributed by atoms with E-state index in [9.17, 15) is 9.59 Å². The Morgan fingerprint density at radius 3 is 3.00 bits per heavy atom. The fraction of sp³-hybridized carbons (Fsp3) is 0.500. The van der Waals surface area contributed by atoms with Gasteiger partial charge in [-0.15, -0.1) is 0 Å². The molecule has 0 bridgehead atoms. The molecule has 120 valence electrons. The van der Waals surface area contributed by atoms with Gasteiger partial charge in [-0.05, 0) is 18.2 Å². The minimum Gasteiger partial charge on any atom is -0.454 e. The van der Waals surface area contributed by atoms with E-state index in [-0.39, 0.29) is 24.6 Å². The Kier molecular flexibility index (Phi) is 2.51. The molecule has 23 heavy (non-hydrogen) atoms. The first-order valence-corrected chi connectivity index (χ1v) is 7.84. The van der Waals surface area contributed by atoms with Crippen molar-refractivity contribution in [3.05, 3.63) is 23.8 Å². The summed E-state index contributed by atoms with van der Waals surface area (Å²) in [4.78, 5) is 28.7. The van der Waals surface area contributed by atoms with Gasteiger partial charge in [-0.3, -0.25) is 9.59 Å². The molecule has 0 radical (unpaired) electrons. The average molecular weight is 316 g/mol. The second kappa shape index (κ2) is 4.38. The Morgan fingerprint density at radius 2 is 2.09 bits per heavy atom. The fourth-order valence-corrected chi connectivity index (χ4v) is 4.23. The van der Waals surface area contributed by atoms with Gasteiger partial charge in [-0.2, -0.15) is 0 Å². The Balaban J connectivity index is 1.46. The first kappa shape index (κ1) is 13.2. The molecule has 1 aromatic carbocycles. The van der Waals surface area contributed by atoms with Gasteiger partial charge < -0.3 is 24.0 Å². The molecule has 7 heteroatoms. The number of ether oxygens (including phenoxy) is 3. The molecule has 3 saturated heterocycles. The van der Waals surface area contributed by atoms with Crippen molar-refractivity contribution in [1.29, 1.82) is 0 Å². The van der Waals surface area contributed by atoms with Gasteiger partial charge in [0.05, 0.1) is 19.1 Å². The van der Waals surface area contributed by atoms with Crippen molar-refractivity contribution in [3.63, 3.8) is 0 Å². The minimum atomic E-state index is -0.594. The molecule has 1 aromatic rings. The van der Waals surface area contributed by atoms with Crippen LogP contribution in [0.25, 0.3) is 0 Å². The van der Waals surface area contributed by atoms with Gasteiger partial charge in [0.1, 0.15) is 0 Å². The van der Waals surface area contributed by atoms with E-state index in [1.54, 1.807) is 23.1 Å². The summed E-state index contributed by atoms with van der Waals surface area (Å²) in [6.07, 6.45) is 1.02. The zero-order valence-corrected chi connectivity index (χ0v) is 12.5. The number of rotatable bonds is 1. The standard InChI is InChI=1S/C16H16N2O5/c19-14-8-13-16(18(14)5-6-23-16)3-4-17(13)15(20)10-1-2-11-12(7-10)22-9-21-11/h1-2,7,13H,3-6,8-9H2/t13-,16+/m1/s1. The van der Waals surface area contributed by atoms with Crippen LogP contribution in [0.5, 0.6) is 11.5 Å². The third-order valence-electron chi connectivity index (χ3n) is 5.28. The highest BCUT2D eigenvalue weighted by Crippen LogP contribution is 2.46. The SMILES string of the molecule is O=C(c1ccc2c(c1)OCO2)N1CC[C@@]23OCCN2C(=O)C[C@@H]13. The summed E-state index contributed by atoms with van der Waals surface area (Å²) in [5, 5.41) is 0. The van der Waals surface area contributed by atoms with Gasteiger partial charge in [0.15, 0.2) is 17.2 Å². The van der Waals surface area contributed by atoms with Crippen LogP contribution in [-0.2, 0) is 9.53 Å². The Bertz CT molecular complexity index is 720.